The lowest BCUT2D eigenvalue weighted by atomic mass is 10.0. The van der Waals surface area contributed by atoms with Crippen molar-refractivity contribution in [1.82, 2.24) is 0 Å². The van der Waals surface area contributed by atoms with Gasteiger partial charge in [-0.3, -0.25) is 9.59 Å². The molecule has 1 atom stereocenters. The van der Waals surface area contributed by atoms with Crippen LogP contribution in [0.4, 0.5) is 0 Å². The third-order valence-corrected chi connectivity index (χ3v) is 1.38. The fraction of sp³-hybridized carbons (Fsp3) is 0.714. The number of rotatable bonds is 4. The van der Waals surface area contributed by atoms with Gasteiger partial charge in [0, 0.05) is 12.3 Å². The number of carboxylic acid groups (broad SMARTS) is 1. The van der Waals surface area contributed by atoms with E-state index in [9.17, 15) is 9.59 Å². The van der Waals surface area contributed by atoms with E-state index in [0.29, 0.717) is 6.42 Å². The van der Waals surface area contributed by atoms with Crippen molar-refractivity contribution < 1.29 is 14.7 Å². The molecule has 0 unspecified atom stereocenters. The summed E-state index contributed by atoms with van der Waals surface area (Å²) in [6, 6.07) is 0. The van der Waals surface area contributed by atoms with Crippen LogP contribution in [0.5, 0.6) is 0 Å². The molecule has 0 spiro atoms. The van der Waals surface area contributed by atoms with E-state index < -0.39 is 5.97 Å². The van der Waals surface area contributed by atoms with E-state index in [0.717, 1.165) is 0 Å². The summed E-state index contributed by atoms with van der Waals surface area (Å²) in [5.74, 6) is -1.22. The molecule has 3 nitrogen and oxygen atoms in total. The minimum atomic E-state index is -0.908. The largest absolute Gasteiger partial charge is 0.481 e. The Kier molecular flexibility index (Phi) is 3.69. The summed E-state index contributed by atoms with van der Waals surface area (Å²) in [4.78, 5) is 20.9. The second-order valence-corrected chi connectivity index (χ2v) is 2.32. The Morgan fingerprint density at radius 1 is 1.50 bits per heavy atom. The molecule has 10 heavy (non-hydrogen) atoms. The second-order valence-electron chi connectivity index (χ2n) is 2.32. The molecule has 0 saturated heterocycles. The first-order valence-electron chi connectivity index (χ1n) is 3.32. The highest BCUT2D eigenvalue weighted by molar-refractivity contribution is 5.84. The minimum absolute atomic E-state index is 0.0161. The van der Waals surface area contributed by atoms with Crippen LogP contribution in [-0.2, 0) is 9.59 Å². The average Bonchev–Trinajstić information content (AvgIpc) is 1.85. The Labute approximate surface area is 60.0 Å². The van der Waals surface area contributed by atoms with Crippen molar-refractivity contribution >= 4 is 11.8 Å². The molecule has 0 aliphatic carbocycles. The van der Waals surface area contributed by atoms with Crippen molar-refractivity contribution in [3.05, 3.63) is 0 Å². The lowest BCUT2D eigenvalue weighted by molar-refractivity contribution is -0.140. The Morgan fingerprint density at radius 3 is 2.30 bits per heavy atom. The van der Waals surface area contributed by atoms with Gasteiger partial charge in [-0.15, -0.1) is 0 Å². The fourth-order valence-corrected chi connectivity index (χ4v) is 0.724. The van der Waals surface area contributed by atoms with E-state index >= 15 is 0 Å². The van der Waals surface area contributed by atoms with Crippen LogP contribution >= 0.6 is 0 Å². The van der Waals surface area contributed by atoms with Gasteiger partial charge >= 0.3 is 5.97 Å². The van der Waals surface area contributed by atoms with Gasteiger partial charge in [0.05, 0.1) is 6.42 Å². The van der Waals surface area contributed by atoms with Crippen LogP contribution in [0.2, 0.25) is 0 Å². The third kappa shape index (κ3) is 3.22. The lowest BCUT2D eigenvalue weighted by Gasteiger charge is -2.03. The number of aliphatic carboxylic acids is 1. The van der Waals surface area contributed by atoms with Gasteiger partial charge in [-0.2, -0.15) is 0 Å². The quantitative estimate of drug-likeness (QED) is 0.642. The van der Waals surface area contributed by atoms with Crippen molar-refractivity contribution in [2.75, 3.05) is 0 Å². The van der Waals surface area contributed by atoms with E-state index in [-0.39, 0.29) is 18.1 Å². The minimum Gasteiger partial charge on any atom is -0.481 e. The van der Waals surface area contributed by atoms with Crippen molar-refractivity contribution in [3.63, 3.8) is 0 Å². The van der Waals surface area contributed by atoms with Crippen LogP contribution in [-0.4, -0.2) is 16.9 Å². The molecule has 58 valence electrons. The van der Waals surface area contributed by atoms with Crippen molar-refractivity contribution in [1.29, 1.82) is 0 Å². The molecule has 0 radical (unpaired) electrons. The number of ketones is 1. The van der Waals surface area contributed by atoms with Crippen LogP contribution in [0.3, 0.4) is 0 Å². The highest BCUT2D eigenvalue weighted by atomic mass is 16.4. The highest BCUT2D eigenvalue weighted by Crippen LogP contribution is 2.04. The van der Waals surface area contributed by atoms with Gasteiger partial charge in [-0.05, 0) is 0 Å². The normalized spacial score (nSPS) is 12.6. The maximum Gasteiger partial charge on any atom is 0.304 e. The van der Waals surface area contributed by atoms with E-state index in [1.54, 1.807) is 13.8 Å². The van der Waals surface area contributed by atoms with Crippen LogP contribution in [0.1, 0.15) is 26.7 Å². The first kappa shape index (κ1) is 9.14. The number of carboxylic acids is 1. The molecular weight excluding hydrogens is 132 g/mol. The van der Waals surface area contributed by atoms with E-state index in [2.05, 4.69) is 0 Å². The van der Waals surface area contributed by atoms with E-state index in [1.165, 1.54) is 0 Å². The molecule has 0 rings (SSSR count). The summed E-state index contributed by atoms with van der Waals surface area (Å²) >= 11 is 0. The highest BCUT2D eigenvalue weighted by Gasteiger charge is 2.13. The summed E-state index contributed by atoms with van der Waals surface area (Å²) in [7, 11) is 0. The fourth-order valence-electron chi connectivity index (χ4n) is 0.724. The maximum absolute atomic E-state index is 10.8. The SMILES string of the molecule is CCC(=O)[C@H](C)CC(=O)O. The number of hydrogen-bond donors (Lipinski definition) is 1. The van der Waals surface area contributed by atoms with Crippen molar-refractivity contribution in [3.8, 4) is 0 Å². The first-order chi connectivity index (χ1) is 4.57. The Balaban J connectivity index is 3.72. The van der Waals surface area contributed by atoms with Gasteiger partial charge in [-0.25, -0.2) is 0 Å². The smallest absolute Gasteiger partial charge is 0.304 e. The summed E-state index contributed by atoms with van der Waals surface area (Å²) in [6.07, 6.45) is 0.376. The zero-order chi connectivity index (χ0) is 8.15. The molecule has 0 aromatic carbocycles. The summed E-state index contributed by atoms with van der Waals surface area (Å²) in [5.41, 5.74) is 0. The van der Waals surface area contributed by atoms with Crippen LogP contribution in [0.15, 0.2) is 0 Å². The standard InChI is InChI=1S/C7H12O3/c1-3-6(8)5(2)4-7(9)10/h5H,3-4H2,1-2H3,(H,9,10)/t5-/m1/s1. The molecule has 0 aliphatic heterocycles. The van der Waals surface area contributed by atoms with Crippen molar-refractivity contribution in [2.45, 2.75) is 26.7 Å². The molecular formula is C7H12O3. The number of Topliss-reactive ketones (excluding diaryl/α,β-unsaturated/α-hetero) is 1. The van der Waals surface area contributed by atoms with Gasteiger partial charge < -0.3 is 5.11 Å². The van der Waals surface area contributed by atoms with Crippen LogP contribution in [0.25, 0.3) is 0 Å². The molecule has 0 bridgehead atoms. The lowest BCUT2D eigenvalue weighted by Crippen LogP contribution is -2.13. The Hall–Kier alpha value is -0.860. The maximum atomic E-state index is 10.8. The van der Waals surface area contributed by atoms with Gasteiger partial charge in [0.1, 0.15) is 5.78 Å². The summed E-state index contributed by atoms with van der Waals surface area (Å²) < 4.78 is 0. The van der Waals surface area contributed by atoms with Crippen LogP contribution < -0.4 is 0 Å². The predicted octanol–water partition coefficient (Wildman–Crippen LogP) is 1.08. The molecule has 0 aromatic heterocycles. The summed E-state index contributed by atoms with van der Waals surface area (Å²) in [6.45, 7) is 3.38. The molecule has 0 heterocycles. The molecule has 0 saturated carbocycles. The van der Waals surface area contributed by atoms with Gasteiger partial charge in [0.25, 0.3) is 0 Å². The van der Waals surface area contributed by atoms with E-state index in [4.69, 9.17) is 5.11 Å². The zero-order valence-electron chi connectivity index (χ0n) is 6.26. The van der Waals surface area contributed by atoms with E-state index in [1.807, 2.05) is 0 Å². The third-order valence-electron chi connectivity index (χ3n) is 1.38. The summed E-state index contributed by atoms with van der Waals surface area (Å²) in [5, 5.41) is 8.28. The monoisotopic (exact) mass is 144 g/mol. The molecule has 1 N–H and O–H groups in total. The zero-order valence-corrected chi connectivity index (χ0v) is 6.26. The molecule has 0 aromatic rings. The first-order valence-corrected chi connectivity index (χ1v) is 3.32. The van der Waals surface area contributed by atoms with Crippen LogP contribution in [0, 0.1) is 5.92 Å². The predicted molar refractivity (Wildman–Crippen MR) is 36.7 cm³/mol. The average molecular weight is 144 g/mol. The number of hydrogen-bond acceptors (Lipinski definition) is 2. The molecule has 0 aliphatic rings. The topological polar surface area (TPSA) is 54.4 Å². The molecule has 0 amide bonds. The van der Waals surface area contributed by atoms with Gasteiger partial charge in [-0.1, -0.05) is 13.8 Å². The number of carbonyl (C=O) groups is 2. The Morgan fingerprint density at radius 2 is 2.00 bits per heavy atom. The Bertz CT molecular complexity index is 140. The molecule has 3 heteroatoms. The van der Waals surface area contributed by atoms with Gasteiger partial charge in [0.2, 0.25) is 0 Å². The number of carbonyl (C=O) groups excluding carboxylic acids is 1. The molecule has 0 fully saturated rings. The van der Waals surface area contributed by atoms with Crippen molar-refractivity contribution in [2.24, 2.45) is 5.92 Å². The van der Waals surface area contributed by atoms with Gasteiger partial charge in [0.15, 0.2) is 0 Å². The second kappa shape index (κ2) is 4.04.